The summed E-state index contributed by atoms with van der Waals surface area (Å²) in [5.74, 6) is 0. The van der Waals surface area contributed by atoms with Gasteiger partial charge in [-0.25, -0.2) is 13.1 Å². The first-order valence-electron chi connectivity index (χ1n) is 5.58. The molecule has 2 aromatic rings. The Balaban J connectivity index is 2.30. The second kappa shape index (κ2) is 5.91. The molecule has 3 N–H and O–H groups in total. The Bertz CT molecular complexity index is 719. The van der Waals surface area contributed by atoms with Crippen LogP contribution in [0.3, 0.4) is 0 Å². The second-order valence-electron chi connectivity index (χ2n) is 4.16. The first kappa shape index (κ1) is 15.6. The van der Waals surface area contributed by atoms with Crippen LogP contribution >= 0.6 is 34.5 Å². The van der Waals surface area contributed by atoms with Gasteiger partial charge in [-0.05, 0) is 36.1 Å². The van der Waals surface area contributed by atoms with Gasteiger partial charge in [-0.3, -0.25) is 0 Å². The van der Waals surface area contributed by atoms with Gasteiger partial charge < -0.3 is 5.73 Å². The van der Waals surface area contributed by atoms with Crippen LogP contribution in [-0.4, -0.2) is 8.42 Å². The second-order valence-corrected chi connectivity index (χ2v) is 7.71. The van der Waals surface area contributed by atoms with E-state index in [9.17, 15) is 8.42 Å². The zero-order valence-electron chi connectivity index (χ0n) is 10.5. The van der Waals surface area contributed by atoms with Gasteiger partial charge in [-0.15, -0.1) is 11.3 Å². The molecule has 0 aliphatic carbocycles. The number of nitrogens with one attached hydrogen (secondary N) is 1. The van der Waals surface area contributed by atoms with Gasteiger partial charge in [0.2, 0.25) is 10.0 Å². The van der Waals surface area contributed by atoms with Crippen LogP contribution in [0.15, 0.2) is 28.5 Å². The molecular formula is C12H12Cl2N2O2S2. The molecule has 0 radical (unpaired) electrons. The monoisotopic (exact) mass is 350 g/mol. The van der Waals surface area contributed by atoms with Crippen molar-refractivity contribution in [1.29, 1.82) is 0 Å². The molecule has 1 aromatic carbocycles. The van der Waals surface area contributed by atoms with E-state index in [4.69, 9.17) is 28.9 Å². The lowest BCUT2D eigenvalue weighted by molar-refractivity contribution is 0.582. The molecule has 2 rings (SSSR count). The number of nitrogens with two attached hydrogens (primary N) is 1. The Morgan fingerprint density at radius 2 is 2.05 bits per heavy atom. The van der Waals surface area contributed by atoms with Crippen molar-refractivity contribution in [1.82, 2.24) is 4.72 Å². The SMILES string of the molecule is Cc1ccsc1CNS(=O)(=O)c1c(N)cc(Cl)cc1Cl. The van der Waals surface area contributed by atoms with Crippen molar-refractivity contribution in [3.05, 3.63) is 44.1 Å². The lowest BCUT2D eigenvalue weighted by atomic mass is 10.3. The molecule has 1 heterocycles. The largest absolute Gasteiger partial charge is 0.398 e. The number of hydrogen-bond acceptors (Lipinski definition) is 4. The minimum atomic E-state index is -3.79. The van der Waals surface area contributed by atoms with Gasteiger partial charge in [0.1, 0.15) is 4.90 Å². The van der Waals surface area contributed by atoms with E-state index in [1.165, 1.54) is 23.5 Å². The van der Waals surface area contributed by atoms with Gasteiger partial charge in [-0.2, -0.15) is 0 Å². The van der Waals surface area contributed by atoms with Crippen LogP contribution < -0.4 is 10.5 Å². The van der Waals surface area contributed by atoms with Gasteiger partial charge in [0.05, 0.1) is 10.7 Å². The van der Waals surface area contributed by atoms with Gasteiger partial charge >= 0.3 is 0 Å². The van der Waals surface area contributed by atoms with Gasteiger partial charge in [-0.1, -0.05) is 23.2 Å². The lowest BCUT2D eigenvalue weighted by Crippen LogP contribution is -2.24. The fraction of sp³-hybridized carbons (Fsp3) is 0.167. The van der Waals surface area contributed by atoms with Crippen LogP contribution in [0.5, 0.6) is 0 Å². The number of thiophene rings is 1. The molecule has 0 saturated carbocycles. The molecule has 0 saturated heterocycles. The molecular weight excluding hydrogens is 339 g/mol. The number of rotatable bonds is 4. The highest BCUT2D eigenvalue weighted by molar-refractivity contribution is 7.89. The van der Waals surface area contributed by atoms with Crippen molar-refractivity contribution in [3.8, 4) is 0 Å². The number of nitrogen functional groups attached to an aromatic ring is 1. The normalized spacial score (nSPS) is 11.8. The summed E-state index contributed by atoms with van der Waals surface area (Å²) in [5, 5.41) is 2.20. The van der Waals surface area contributed by atoms with Gasteiger partial charge in [0.25, 0.3) is 0 Å². The predicted octanol–water partition coefficient (Wildman–Crippen LogP) is 3.42. The minimum absolute atomic E-state index is 0.00500. The van der Waals surface area contributed by atoms with Crippen LogP contribution in [-0.2, 0) is 16.6 Å². The Kier molecular flexibility index (Phi) is 4.61. The van der Waals surface area contributed by atoms with E-state index in [-0.39, 0.29) is 22.2 Å². The van der Waals surface area contributed by atoms with Gasteiger partial charge in [0.15, 0.2) is 0 Å². The molecule has 0 unspecified atom stereocenters. The Morgan fingerprint density at radius 3 is 2.60 bits per heavy atom. The van der Waals surface area contributed by atoms with Crippen LogP contribution in [0.25, 0.3) is 0 Å². The molecule has 0 atom stereocenters. The van der Waals surface area contributed by atoms with Crippen LogP contribution in [0.2, 0.25) is 10.0 Å². The van der Waals surface area contributed by atoms with E-state index in [1.807, 2.05) is 18.4 Å². The summed E-state index contributed by atoms with van der Waals surface area (Å²) in [6, 6.07) is 4.64. The first-order valence-corrected chi connectivity index (χ1v) is 8.70. The molecule has 0 spiro atoms. The summed E-state index contributed by atoms with van der Waals surface area (Å²) in [4.78, 5) is 0.801. The summed E-state index contributed by atoms with van der Waals surface area (Å²) in [5.41, 5.74) is 6.76. The standard InChI is InChI=1S/C12H12Cl2N2O2S2/c1-7-2-3-19-11(7)6-16-20(17,18)12-9(14)4-8(13)5-10(12)15/h2-5,16H,6,15H2,1H3. The van der Waals surface area contributed by atoms with Crippen LogP contribution in [0.4, 0.5) is 5.69 Å². The van der Waals surface area contributed by atoms with Crippen molar-refractivity contribution >= 4 is 50.2 Å². The van der Waals surface area contributed by atoms with E-state index < -0.39 is 10.0 Å². The van der Waals surface area contributed by atoms with Crippen molar-refractivity contribution in [2.45, 2.75) is 18.4 Å². The van der Waals surface area contributed by atoms with E-state index in [2.05, 4.69) is 4.72 Å². The maximum absolute atomic E-state index is 12.3. The number of benzene rings is 1. The van der Waals surface area contributed by atoms with E-state index in [1.54, 1.807) is 0 Å². The smallest absolute Gasteiger partial charge is 0.244 e. The number of anilines is 1. The number of hydrogen-bond donors (Lipinski definition) is 2. The molecule has 0 aliphatic heterocycles. The molecule has 0 amide bonds. The average molecular weight is 351 g/mol. The molecule has 0 aliphatic rings. The molecule has 108 valence electrons. The summed E-state index contributed by atoms with van der Waals surface area (Å²) >= 11 is 13.2. The highest BCUT2D eigenvalue weighted by Gasteiger charge is 2.22. The molecule has 1 aromatic heterocycles. The third-order valence-corrected chi connectivity index (χ3v) is 5.87. The first-order chi connectivity index (χ1) is 9.31. The summed E-state index contributed by atoms with van der Waals surface area (Å²) in [7, 11) is -3.79. The maximum atomic E-state index is 12.3. The van der Waals surface area contributed by atoms with Crippen molar-refractivity contribution in [3.63, 3.8) is 0 Å². The Labute approximate surface area is 131 Å². The fourth-order valence-electron chi connectivity index (χ4n) is 1.68. The Hall–Kier alpha value is -0.790. The zero-order valence-corrected chi connectivity index (χ0v) is 13.6. The topological polar surface area (TPSA) is 72.2 Å². The van der Waals surface area contributed by atoms with E-state index >= 15 is 0 Å². The van der Waals surface area contributed by atoms with E-state index in [0.29, 0.717) is 5.02 Å². The average Bonchev–Trinajstić information content (AvgIpc) is 2.70. The number of sulfonamides is 1. The summed E-state index contributed by atoms with van der Waals surface area (Å²) in [6.07, 6.45) is 0. The molecule has 0 fully saturated rings. The van der Waals surface area contributed by atoms with Crippen LogP contribution in [0, 0.1) is 6.92 Å². The molecule has 0 bridgehead atoms. The van der Waals surface area contributed by atoms with E-state index in [0.717, 1.165) is 10.4 Å². The lowest BCUT2D eigenvalue weighted by Gasteiger charge is -2.11. The summed E-state index contributed by atoms with van der Waals surface area (Å²) < 4.78 is 27.1. The molecule has 4 nitrogen and oxygen atoms in total. The minimum Gasteiger partial charge on any atom is -0.398 e. The number of aryl methyl sites for hydroxylation is 1. The zero-order chi connectivity index (χ0) is 14.9. The van der Waals surface area contributed by atoms with Crippen LogP contribution in [0.1, 0.15) is 10.4 Å². The highest BCUT2D eigenvalue weighted by atomic mass is 35.5. The fourth-order valence-corrected chi connectivity index (χ4v) is 4.60. The number of halogens is 2. The quantitative estimate of drug-likeness (QED) is 0.829. The Morgan fingerprint density at radius 1 is 1.35 bits per heavy atom. The maximum Gasteiger partial charge on any atom is 0.244 e. The van der Waals surface area contributed by atoms with Gasteiger partial charge in [0, 0.05) is 16.4 Å². The molecule has 8 heteroatoms. The molecule has 20 heavy (non-hydrogen) atoms. The predicted molar refractivity (Wildman–Crippen MR) is 84.0 cm³/mol. The summed E-state index contributed by atoms with van der Waals surface area (Å²) in [6.45, 7) is 2.12. The van der Waals surface area contributed by atoms with Crippen molar-refractivity contribution in [2.24, 2.45) is 0 Å². The third kappa shape index (κ3) is 3.27. The third-order valence-electron chi connectivity index (χ3n) is 2.70. The van der Waals surface area contributed by atoms with Crippen molar-refractivity contribution < 1.29 is 8.42 Å². The van der Waals surface area contributed by atoms with Crippen molar-refractivity contribution in [2.75, 3.05) is 5.73 Å². The highest BCUT2D eigenvalue weighted by Crippen LogP contribution is 2.31.